The van der Waals surface area contributed by atoms with E-state index in [0.29, 0.717) is 29.4 Å². The van der Waals surface area contributed by atoms with Crippen LogP contribution >= 0.6 is 15.9 Å². The maximum Gasteiger partial charge on any atom is 0.240 e. The smallest absolute Gasteiger partial charge is 0.240 e. The summed E-state index contributed by atoms with van der Waals surface area (Å²) in [7, 11) is 1.57. The van der Waals surface area contributed by atoms with Crippen LogP contribution in [0.3, 0.4) is 0 Å². The van der Waals surface area contributed by atoms with E-state index in [1.165, 1.54) is 6.21 Å². The number of halogens is 1. The Hall–Kier alpha value is -3.65. The van der Waals surface area contributed by atoms with Crippen LogP contribution in [0.2, 0.25) is 0 Å². The highest BCUT2D eigenvalue weighted by Gasteiger charge is 2.11. The van der Waals surface area contributed by atoms with Crippen molar-refractivity contribution in [3.05, 3.63) is 87.9 Å². The number of anilines is 1. The van der Waals surface area contributed by atoms with Gasteiger partial charge in [-0.15, -0.1) is 0 Å². The number of carbonyl (C=O) groups is 2. The van der Waals surface area contributed by atoms with Gasteiger partial charge in [0.05, 0.1) is 13.3 Å². The minimum Gasteiger partial charge on any atom is -0.493 e. The molecule has 176 valence electrons. The van der Waals surface area contributed by atoms with Crippen molar-refractivity contribution in [2.24, 2.45) is 5.10 Å². The number of hydrazone groups is 1. The molecular formula is C26H26BrN3O4. The molecule has 0 unspecified atom stereocenters. The molecule has 3 aromatic rings. The lowest BCUT2D eigenvalue weighted by molar-refractivity contribution is -0.124. The average Bonchev–Trinajstić information content (AvgIpc) is 2.83. The van der Waals surface area contributed by atoms with E-state index >= 15 is 0 Å². The summed E-state index contributed by atoms with van der Waals surface area (Å²) in [5, 5.41) is 6.77. The van der Waals surface area contributed by atoms with Gasteiger partial charge < -0.3 is 14.8 Å². The Morgan fingerprint density at radius 2 is 1.74 bits per heavy atom. The minimum absolute atomic E-state index is 0.00846. The van der Waals surface area contributed by atoms with Gasteiger partial charge in [-0.3, -0.25) is 9.59 Å². The van der Waals surface area contributed by atoms with Gasteiger partial charge in [0, 0.05) is 28.6 Å². The summed E-state index contributed by atoms with van der Waals surface area (Å²) in [4.78, 5) is 24.2. The number of methoxy groups -OCH3 is 1. The SMILES string of the molecule is COc1cccc(/C=N/NC(=O)CCC(=O)Nc2ccc(Br)cc2)c1OCc1cccc(C)c1. The number of nitrogens with zero attached hydrogens (tertiary/aromatic N) is 1. The van der Waals surface area contributed by atoms with Crippen molar-refractivity contribution in [2.75, 3.05) is 12.4 Å². The number of hydrogen-bond acceptors (Lipinski definition) is 5. The molecule has 0 saturated heterocycles. The summed E-state index contributed by atoms with van der Waals surface area (Å²) < 4.78 is 12.4. The standard InChI is InChI=1S/C26H26BrN3O4/c1-18-5-3-6-19(15-18)17-34-26-20(7-4-8-23(26)33-2)16-28-30-25(32)14-13-24(31)29-22-11-9-21(27)10-12-22/h3-12,15-16H,13-14,17H2,1-2H3,(H,29,31)(H,30,32)/b28-16+. The average molecular weight is 524 g/mol. The van der Waals surface area contributed by atoms with Crippen LogP contribution in [0, 0.1) is 6.92 Å². The second-order valence-corrected chi connectivity index (χ2v) is 8.42. The molecule has 0 bridgehead atoms. The minimum atomic E-state index is -0.368. The first-order chi connectivity index (χ1) is 16.4. The Bertz CT molecular complexity index is 1160. The predicted molar refractivity (Wildman–Crippen MR) is 136 cm³/mol. The van der Waals surface area contributed by atoms with Crippen LogP contribution in [-0.4, -0.2) is 25.1 Å². The molecule has 0 heterocycles. The van der Waals surface area contributed by atoms with Crippen molar-refractivity contribution < 1.29 is 19.1 Å². The van der Waals surface area contributed by atoms with Gasteiger partial charge >= 0.3 is 0 Å². The molecule has 2 N–H and O–H groups in total. The second-order valence-electron chi connectivity index (χ2n) is 7.50. The van der Waals surface area contributed by atoms with Crippen LogP contribution in [-0.2, 0) is 16.2 Å². The molecule has 0 radical (unpaired) electrons. The zero-order valence-electron chi connectivity index (χ0n) is 19.0. The Labute approximate surface area is 207 Å². The van der Waals surface area contributed by atoms with Crippen molar-refractivity contribution in [2.45, 2.75) is 26.4 Å². The first kappa shape index (κ1) is 25.0. The molecular weight excluding hydrogens is 498 g/mol. The van der Waals surface area contributed by atoms with Crippen molar-refractivity contribution in [1.29, 1.82) is 0 Å². The molecule has 0 saturated carbocycles. The maximum atomic E-state index is 12.1. The number of hydrogen-bond donors (Lipinski definition) is 2. The van der Waals surface area contributed by atoms with Crippen LogP contribution in [0.25, 0.3) is 0 Å². The molecule has 0 aromatic heterocycles. The highest BCUT2D eigenvalue weighted by Crippen LogP contribution is 2.31. The molecule has 0 aliphatic rings. The van der Waals surface area contributed by atoms with Crippen LogP contribution < -0.4 is 20.2 Å². The number of amides is 2. The van der Waals surface area contributed by atoms with E-state index in [-0.39, 0.29) is 24.7 Å². The van der Waals surface area contributed by atoms with Gasteiger partial charge in [-0.2, -0.15) is 5.10 Å². The van der Waals surface area contributed by atoms with Gasteiger partial charge in [0.15, 0.2) is 11.5 Å². The van der Waals surface area contributed by atoms with Crippen molar-refractivity contribution >= 4 is 39.6 Å². The molecule has 0 atom stereocenters. The largest absolute Gasteiger partial charge is 0.493 e. The summed E-state index contributed by atoms with van der Waals surface area (Å²) in [6, 6.07) is 20.7. The number of ether oxygens (including phenoxy) is 2. The lowest BCUT2D eigenvalue weighted by Crippen LogP contribution is -2.20. The predicted octanol–water partition coefficient (Wildman–Crippen LogP) is 5.21. The molecule has 0 fully saturated rings. The van der Waals surface area contributed by atoms with E-state index in [1.807, 2.05) is 49.4 Å². The van der Waals surface area contributed by atoms with E-state index in [0.717, 1.165) is 15.6 Å². The molecule has 34 heavy (non-hydrogen) atoms. The van der Waals surface area contributed by atoms with Crippen LogP contribution in [0.15, 0.2) is 76.3 Å². The fourth-order valence-corrected chi connectivity index (χ4v) is 3.38. The van der Waals surface area contributed by atoms with E-state index in [2.05, 4.69) is 37.8 Å². The third-order valence-electron chi connectivity index (χ3n) is 4.79. The molecule has 0 aliphatic heterocycles. The first-order valence-corrected chi connectivity index (χ1v) is 11.5. The highest BCUT2D eigenvalue weighted by atomic mass is 79.9. The lowest BCUT2D eigenvalue weighted by Gasteiger charge is -2.13. The van der Waals surface area contributed by atoms with E-state index < -0.39 is 0 Å². The maximum absolute atomic E-state index is 12.1. The molecule has 2 amide bonds. The van der Waals surface area contributed by atoms with Gasteiger partial charge in [-0.05, 0) is 48.9 Å². The van der Waals surface area contributed by atoms with Gasteiger partial charge in [-0.25, -0.2) is 5.43 Å². The summed E-state index contributed by atoms with van der Waals surface area (Å²) in [5.41, 5.74) is 5.95. The number of rotatable bonds is 10. The number of para-hydroxylation sites is 1. The van der Waals surface area contributed by atoms with E-state index in [1.54, 1.807) is 25.3 Å². The number of benzene rings is 3. The van der Waals surface area contributed by atoms with Crippen molar-refractivity contribution in [1.82, 2.24) is 5.43 Å². The fourth-order valence-electron chi connectivity index (χ4n) is 3.12. The van der Waals surface area contributed by atoms with Gasteiger partial charge in [0.2, 0.25) is 11.8 Å². The van der Waals surface area contributed by atoms with Gasteiger partial charge in [0.1, 0.15) is 6.61 Å². The van der Waals surface area contributed by atoms with Gasteiger partial charge in [0.25, 0.3) is 0 Å². The van der Waals surface area contributed by atoms with Crippen LogP contribution in [0.1, 0.15) is 29.5 Å². The highest BCUT2D eigenvalue weighted by molar-refractivity contribution is 9.10. The first-order valence-electron chi connectivity index (χ1n) is 10.7. The zero-order valence-corrected chi connectivity index (χ0v) is 20.6. The normalized spacial score (nSPS) is 10.7. The van der Waals surface area contributed by atoms with Crippen LogP contribution in [0.4, 0.5) is 5.69 Å². The summed E-state index contributed by atoms with van der Waals surface area (Å²) in [5.74, 6) is 0.472. The molecule has 3 aromatic carbocycles. The lowest BCUT2D eigenvalue weighted by atomic mass is 10.1. The molecule has 8 heteroatoms. The van der Waals surface area contributed by atoms with E-state index in [9.17, 15) is 9.59 Å². The quantitative estimate of drug-likeness (QED) is 0.282. The fraction of sp³-hybridized carbons (Fsp3) is 0.192. The second kappa shape index (κ2) is 12.6. The van der Waals surface area contributed by atoms with Crippen molar-refractivity contribution in [3.63, 3.8) is 0 Å². The topological polar surface area (TPSA) is 89.0 Å². The van der Waals surface area contributed by atoms with E-state index in [4.69, 9.17) is 9.47 Å². The Morgan fingerprint density at radius 1 is 1.00 bits per heavy atom. The Kier molecular flexibility index (Phi) is 9.22. The molecule has 0 aliphatic carbocycles. The zero-order chi connectivity index (χ0) is 24.3. The summed E-state index contributed by atoms with van der Waals surface area (Å²) >= 11 is 3.34. The monoisotopic (exact) mass is 523 g/mol. The number of aryl methyl sites for hydroxylation is 1. The molecule has 7 nitrogen and oxygen atoms in total. The molecule has 0 spiro atoms. The van der Waals surface area contributed by atoms with Crippen LogP contribution in [0.5, 0.6) is 11.5 Å². The number of nitrogens with one attached hydrogen (secondary N) is 2. The third kappa shape index (κ3) is 7.74. The Morgan fingerprint density at radius 3 is 2.47 bits per heavy atom. The number of carbonyl (C=O) groups excluding carboxylic acids is 2. The summed E-state index contributed by atoms with van der Waals surface area (Å²) in [6.07, 6.45) is 1.55. The third-order valence-corrected chi connectivity index (χ3v) is 5.32. The Balaban J connectivity index is 1.54. The van der Waals surface area contributed by atoms with Crippen molar-refractivity contribution in [3.8, 4) is 11.5 Å². The van der Waals surface area contributed by atoms with Gasteiger partial charge in [-0.1, -0.05) is 51.8 Å². The summed E-state index contributed by atoms with van der Waals surface area (Å²) in [6.45, 7) is 2.39. The molecule has 3 rings (SSSR count).